The van der Waals surface area contributed by atoms with Crippen LogP contribution in [0.1, 0.15) is 16.3 Å². The van der Waals surface area contributed by atoms with E-state index in [0.29, 0.717) is 6.54 Å². The van der Waals surface area contributed by atoms with Crippen LogP contribution in [0.4, 0.5) is 0 Å². The summed E-state index contributed by atoms with van der Waals surface area (Å²) in [4.78, 5) is 13.8. The molecule has 1 aliphatic rings. The molecule has 0 spiro atoms. The second kappa shape index (κ2) is 9.01. The van der Waals surface area contributed by atoms with E-state index in [4.69, 9.17) is 9.15 Å². The van der Waals surface area contributed by atoms with Gasteiger partial charge in [-0.1, -0.05) is 15.9 Å². The number of quaternary nitrogens is 1. The normalized spacial score (nSPS) is 15.6. The third kappa shape index (κ3) is 5.65. The van der Waals surface area contributed by atoms with Crippen molar-refractivity contribution in [3.8, 4) is 0 Å². The number of nitrogens with one attached hydrogen (secondary N) is 2. The van der Waals surface area contributed by atoms with Gasteiger partial charge in [0.05, 0.1) is 31.2 Å². The first-order chi connectivity index (χ1) is 12.9. The van der Waals surface area contributed by atoms with E-state index in [0.717, 1.165) is 37.3 Å². The van der Waals surface area contributed by atoms with Crippen molar-refractivity contribution in [3.63, 3.8) is 0 Å². The molecule has 1 amide bonds. The van der Waals surface area contributed by atoms with Crippen LogP contribution in [-0.2, 0) is 20.3 Å². The summed E-state index contributed by atoms with van der Waals surface area (Å²) in [6.07, 6.45) is 0. The van der Waals surface area contributed by atoms with Crippen LogP contribution in [0, 0.1) is 0 Å². The highest BCUT2D eigenvalue weighted by molar-refractivity contribution is 9.10. The lowest BCUT2D eigenvalue weighted by Gasteiger charge is -2.23. The number of hydrogen-bond donors (Lipinski definition) is 2. The third-order valence-corrected chi connectivity index (χ3v) is 6.54. The Bertz CT molecular complexity index is 873. The van der Waals surface area contributed by atoms with Gasteiger partial charge < -0.3 is 19.4 Å². The van der Waals surface area contributed by atoms with Gasteiger partial charge in [-0.05, 0) is 36.4 Å². The highest BCUT2D eigenvalue weighted by atomic mass is 79.9. The lowest BCUT2D eigenvalue weighted by molar-refractivity contribution is -0.906. The van der Waals surface area contributed by atoms with E-state index in [-0.39, 0.29) is 28.1 Å². The zero-order chi connectivity index (χ0) is 19.3. The molecule has 0 saturated carbocycles. The number of furan rings is 1. The van der Waals surface area contributed by atoms with Gasteiger partial charge in [0.25, 0.3) is 5.91 Å². The fraction of sp³-hybridized carbons (Fsp3) is 0.389. The Morgan fingerprint density at radius 2 is 1.81 bits per heavy atom. The summed E-state index contributed by atoms with van der Waals surface area (Å²) in [7, 11) is -3.54. The lowest BCUT2D eigenvalue weighted by atomic mass is 10.4. The Labute approximate surface area is 166 Å². The number of hydrogen-bond acceptors (Lipinski definition) is 5. The Morgan fingerprint density at radius 3 is 2.52 bits per heavy atom. The minimum atomic E-state index is -3.54. The maximum absolute atomic E-state index is 12.5. The average molecular weight is 458 g/mol. The molecule has 0 aliphatic carbocycles. The number of carbonyl (C=O) groups is 1. The smallest absolute Gasteiger partial charge is 0.287 e. The standard InChI is InChI=1S/C18H21BrN2O5S/c19-14-1-4-16(5-2-14)27(23,24)13-15-3-6-17(26-15)18(22)20-7-8-21-9-11-25-12-10-21/h1-6H,7-13H2,(H,20,22)/p+1. The van der Waals surface area contributed by atoms with Gasteiger partial charge in [-0.25, -0.2) is 8.42 Å². The lowest BCUT2D eigenvalue weighted by Crippen LogP contribution is -3.14. The highest BCUT2D eigenvalue weighted by Crippen LogP contribution is 2.20. The summed E-state index contributed by atoms with van der Waals surface area (Å²) in [5, 5.41) is 2.81. The van der Waals surface area contributed by atoms with Gasteiger partial charge in [-0.15, -0.1) is 0 Å². The molecule has 146 valence electrons. The third-order valence-electron chi connectivity index (χ3n) is 4.35. The van der Waals surface area contributed by atoms with Crippen LogP contribution in [0.15, 0.2) is 50.2 Å². The molecule has 0 atom stereocenters. The van der Waals surface area contributed by atoms with Crippen molar-refractivity contribution in [1.29, 1.82) is 0 Å². The number of sulfone groups is 1. The molecule has 1 fully saturated rings. The predicted molar refractivity (Wildman–Crippen MR) is 102 cm³/mol. The van der Waals surface area contributed by atoms with Gasteiger partial charge in [0, 0.05) is 4.47 Å². The van der Waals surface area contributed by atoms with Gasteiger partial charge in [0.15, 0.2) is 15.6 Å². The average Bonchev–Trinajstić information content (AvgIpc) is 3.11. The minimum Gasteiger partial charge on any atom is -0.455 e. The summed E-state index contributed by atoms with van der Waals surface area (Å²) >= 11 is 3.28. The number of morpholine rings is 1. The van der Waals surface area contributed by atoms with Crippen LogP contribution in [0.2, 0.25) is 0 Å². The molecule has 1 saturated heterocycles. The van der Waals surface area contributed by atoms with Crippen molar-refractivity contribution in [2.75, 3.05) is 39.4 Å². The van der Waals surface area contributed by atoms with E-state index in [1.807, 2.05) is 0 Å². The Morgan fingerprint density at radius 1 is 1.11 bits per heavy atom. The fourth-order valence-corrected chi connectivity index (χ4v) is 4.35. The van der Waals surface area contributed by atoms with Gasteiger partial charge in [-0.2, -0.15) is 0 Å². The van der Waals surface area contributed by atoms with Crippen LogP contribution in [0.5, 0.6) is 0 Å². The second-order valence-corrected chi connectivity index (χ2v) is 9.25. The largest absolute Gasteiger partial charge is 0.455 e. The van der Waals surface area contributed by atoms with Crippen molar-refractivity contribution in [2.45, 2.75) is 10.6 Å². The van der Waals surface area contributed by atoms with Gasteiger partial charge >= 0.3 is 0 Å². The van der Waals surface area contributed by atoms with Crippen molar-refractivity contribution < 1.29 is 27.3 Å². The quantitative estimate of drug-likeness (QED) is 0.637. The van der Waals surface area contributed by atoms with E-state index >= 15 is 0 Å². The topological polar surface area (TPSA) is 90.0 Å². The molecule has 2 heterocycles. The molecule has 2 N–H and O–H groups in total. The number of carbonyl (C=O) groups excluding carboxylic acids is 1. The molecular weight excluding hydrogens is 436 g/mol. The zero-order valence-corrected chi connectivity index (χ0v) is 17.1. The summed E-state index contributed by atoms with van der Waals surface area (Å²) < 4.78 is 36.4. The van der Waals surface area contributed by atoms with Crippen LogP contribution >= 0.6 is 15.9 Å². The second-order valence-electron chi connectivity index (χ2n) is 6.35. The summed E-state index contributed by atoms with van der Waals surface area (Å²) in [6.45, 7) is 4.72. The minimum absolute atomic E-state index is 0.119. The summed E-state index contributed by atoms with van der Waals surface area (Å²) in [5.74, 6) is -0.273. The molecule has 3 rings (SSSR count). The maximum atomic E-state index is 12.5. The van der Waals surface area contributed by atoms with Crippen LogP contribution in [-0.4, -0.2) is 53.7 Å². The first-order valence-electron chi connectivity index (χ1n) is 8.70. The molecule has 2 aromatic rings. The van der Waals surface area contributed by atoms with Gasteiger partial charge in [-0.3, -0.25) is 4.79 Å². The van der Waals surface area contributed by atoms with Crippen molar-refractivity contribution in [3.05, 3.63) is 52.4 Å². The zero-order valence-electron chi connectivity index (χ0n) is 14.7. The van der Waals surface area contributed by atoms with E-state index in [1.54, 1.807) is 12.1 Å². The van der Waals surface area contributed by atoms with Crippen molar-refractivity contribution >= 4 is 31.7 Å². The van der Waals surface area contributed by atoms with E-state index in [9.17, 15) is 13.2 Å². The van der Waals surface area contributed by atoms with Crippen molar-refractivity contribution in [1.82, 2.24) is 5.32 Å². The molecule has 0 bridgehead atoms. The van der Waals surface area contributed by atoms with Crippen molar-refractivity contribution in [2.24, 2.45) is 0 Å². The van der Waals surface area contributed by atoms with E-state index < -0.39 is 9.84 Å². The molecule has 1 aromatic heterocycles. The van der Waals surface area contributed by atoms with Crippen LogP contribution < -0.4 is 10.2 Å². The Kier molecular flexibility index (Phi) is 6.69. The van der Waals surface area contributed by atoms with E-state index in [1.165, 1.54) is 29.2 Å². The summed E-state index contributed by atoms with van der Waals surface area (Å²) in [5.41, 5.74) is 0. The monoisotopic (exact) mass is 457 g/mol. The molecule has 7 nitrogen and oxygen atoms in total. The molecular formula is C18H22BrN2O5S+. The Balaban J connectivity index is 1.54. The number of rotatable bonds is 7. The maximum Gasteiger partial charge on any atom is 0.287 e. The van der Waals surface area contributed by atoms with Gasteiger partial charge in [0.1, 0.15) is 24.6 Å². The molecule has 27 heavy (non-hydrogen) atoms. The molecule has 1 aromatic carbocycles. The predicted octanol–water partition coefficient (Wildman–Crippen LogP) is 0.661. The first kappa shape index (κ1) is 20.1. The first-order valence-corrected chi connectivity index (χ1v) is 11.1. The van der Waals surface area contributed by atoms with Gasteiger partial charge in [0.2, 0.25) is 0 Å². The number of ether oxygens (including phenoxy) is 1. The van der Waals surface area contributed by atoms with Crippen LogP contribution in [0.3, 0.4) is 0 Å². The molecule has 9 heteroatoms. The molecule has 1 aliphatic heterocycles. The number of halogens is 1. The number of amides is 1. The Hall–Kier alpha value is -1.68. The van der Waals surface area contributed by atoms with E-state index in [2.05, 4.69) is 21.2 Å². The fourth-order valence-electron chi connectivity index (χ4n) is 2.84. The highest BCUT2D eigenvalue weighted by Gasteiger charge is 2.20. The van der Waals surface area contributed by atoms with Crippen LogP contribution in [0.25, 0.3) is 0 Å². The molecule has 0 radical (unpaired) electrons. The summed E-state index contributed by atoms with van der Waals surface area (Å²) in [6, 6.07) is 9.44. The molecule has 0 unspecified atom stereocenters. The number of benzene rings is 1. The SMILES string of the molecule is O=C(NCC[NH+]1CCOCC1)c1ccc(CS(=O)(=O)c2ccc(Br)cc2)o1.